The largest absolute Gasteiger partial charge is 0.465 e. The molecule has 0 atom stereocenters. The van der Waals surface area contributed by atoms with Crippen molar-refractivity contribution in [2.75, 3.05) is 0 Å². The summed E-state index contributed by atoms with van der Waals surface area (Å²) in [6.45, 7) is 1.93. The first kappa shape index (κ1) is 7.31. The van der Waals surface area contributed by atoms with Gasteiger partial charge in [-0.3, -0.25) is 0 Å². The summed E-state index contributed by atoms with van der Waals surface area (Å²) in [7, 11) is 0. The van der Waals surface area contributed by atoms with Gasteiger partial charge in [0, 0.05) is 32.7 Å². The summed E-state index contributed by atoms with van der Waals surface area (Å²) in [6.07, 6.45) is 4.28. The van der Waals surface area contributed by atoms with Gasteiger partial charge in [-0.15, -0.1) is 11.9 Å². The number of H-pyrrole nitrogens is 1. The molecule has 2 nitrogen and oxygen atoms in total. The third kappa shape index (κ3) is 2.20. The predicted octanol–water partition coefficient (Wildman–Crippen LogP) is 0.516. The van der Waals surface area contributed by atoms with E-state index in [1.807, 2.05) is 6.92 Å². The van der Waals surface area contributed by atoms with Crippen molar-refractivity contribution in [1.82, 2.24) is 9.97 Å². The molecule has 0 aliphatic rings. The number of rotatable bonds is 0. The van der Waals surface area contributed by atoms with Crippen LogP contribution in [0.25, 0.3) is 0 Å². The minimum atomic E-state index is 0. The molecule has 1 radical (unpaired) electrons. The average Bonchev–Trinajstić information content (AvgIpc) is 1.86. The first-order valence-corrected chi connectivity index (χ1v) is 1.77. The van der Waals surface area contributed by atoms with E-state index in [0.717, 1.165) is 5.69 Å². The van der Waals surface area contributed by atoms with Crippen LogP contribution in [0, 0.1) is 13.3 Å². The van der Waals surface area contributed by atoms with Gasteiger partial charge in [0.1, 0.15) is 0 Å². The Balaban J connectivity index is 0.000000360. The average molecular weight is 170 g/mol. The molecule has 0 spiro atoms. The van der Waals surface area contributed by atoms with Crippen molar-refractivity contribution in [2.24, 2.45) is 0 Å². The SMILES string of the molecule is Cc1cn[c-][nH]1.[Y]. The van der Waals surface area contributed by atoms with Gasteiger partial charge in [-0.25, -0.2) is 0 Å². The fourth-order valence-electron chi connectivity index (χ4n) is 0.282. The molecule has 1 rings (SSSR count). The molecule has 35 valence electrons. The predicted molar refractivity (Wildman–Crippen MR) is 22.2 cm³/mol. The van der Waals surface area contributed by atoms with E-state index < -0.39 is 0 Å². The molecule has 1 N–H and O–H groups in total. The molecule has 3 heteroatoms. The zero-order chi connectivity index (χ0) is 4.41. The van der Waals surface area contributed by atoms with Crippen LogP contribution in [-0.2, 0) is 32.7 Å². The molecule has 0 aliphatic carbocycles. The first-order valence-electron chi connectivity index (χ1n) is 1.77. The van der Waals surface area contributed by atoms with Gasteiger partial charge >= 0.3 is 0 Å². The van der Waals surface area contributed by atoms with Gasteiger partial charge in [-0.1, -0.05) is 6.92 Å². The molecule has 0 aliphatic heterocycles. The van der Waals surface area contributed by atoms with Crippen LogP contribution in [0.3, 0.4) is 0 Å². The van der Waals surface area contributed by atoms with Gasteiger partial charge in [0.2, 0.25) is 0 Å². The van der Waals surface area contributed by atoms with Gasteiger partial charge in [-0.05, 0) is 6.33 Å². The summed E-state index contributed by atoms with van der Waals surface area (Å²) in [5.74, 6) is 0. The minimum Gasteiger partial charge on any atom is -0.465 e. The third-order valence-corrected chi connectivity index (χ3v) is 0.576. The Labute approximate surface area is 67.6 Å². The van der Waals surface area contributed by atoms with Crippen molar-refractivity contribution in [3.63, 3.8) is 0 Å². The second-order valence-corrected chi connectivity index (χ2v) is 1.18. The van der Waals surface area contributed by atoms with Crippen molar-refractivity contribution in [2.45, 2.75) is 6.92 Å². The maximum absolute atomic E-state index is 3.64. The topological polar surface area (TPSA) is 28.7 Å². The number of nitrogens with zero attached hydrogens (tertiary/aromatic N) is 1. The zero-order valence-corrected chi connectivity index (χ0v) is 6.94. The maximum atomic E-state index is 3.64. The summed E-state index contributed by atoms with van der Waals surface area (Å²) in [5.41, 5.74) is 1.05. The van der Waals surface area contributed by atoms with E-state index in [2.05, 4.69) is 16.3 Å². The number of aryl methyl sites for hydroxylation is 1. The van der Waals surface area contributed by atoms with E-state index in [-0.39, 0.29) is 32.7 Å². The molecule has 0 saturated carbocycles. The van der Waals surface area contributed by atoms with Crippen LogP contribution in [0.4, 0.5) is 0 Å². The molecule has 0 amide bonds. The molecule has 0 fully saturated rings. The van der Waals surface area contributed by atoms with Crippen LogP contribution in [0.5, 0.6) is 0 Å². The Bertz CT molecular complexity index is 113. The molecule has 0 aromatic carbocycles. The number of hydrogen-bond acceptors (Lipinski definition) is 1. The molecule has 0 saturated heterocycles. The van der Waals surface area contributed by atoms with E-state index >= 15 is 0 Å². The van der Waals surface area contributed by atoms with E-state index in [0.29, 0.717) is 0 Å². The first-order chi connectivity index (χ1) is 2.89. The van der Waals surface area contributed by atoms with Crippen molar-refractivity contribution in [3.8, 4) is 0 Å². The zero-order valence-electron chi connectivity index (χ0n) is 4.10. The fraction of sp³-hybridized carbons (Fsp3) is 0.250. The number of aromatic nitrogens is 2. The van der Waals surface area contributed by atoms with Gasteiger partial charge in [0.05, 0.1) is 0 Å². The van der Waals surface area contributed by atoms with Crippen molar-refractivity contribution in [3.05, 3.63) is 18.2 Å². The maximum Gasteiger partial charge on any atom is 0 e. The molecule has 0 bridgehead atoms. The quantitative estimate of drug-likeness (QED) is 0.564. The van der Waals surface area contributed by atoms with E-state index in [1.54, 1.807) is 6.20 Å². The van der Waals surface area contributed by atoms with Crippen molar-refractivity contribution >= 4 is 0 Å². The Hall–Kier alpha value is 0.314. The van der Waals surface area contributed by atoms with Gasteiger partial charge in [-0.2, -0.15) is 0 Å². The molecule has 1 aromatic rings. The monoisotopic (exact) mass is 170 g/mol. The van der Waals surface area contributed by atoms with Crippen LogP contribution in [0.1, 0.15) is 5.69 Å². The van der Waals surface area contributed by atoms with Crippen molar-refractivity contribution in [1.29, 1.82) is 0 Å². The van der Waals surface area contributed by atoms with Crippen molar-refractivity contribution < 1.29 is 32.7 Å². The number of imidazole rings is 1. The minimum absolute atomic E-state index is 0. The molecular formula is C4H5N2Y-. The van der Waals surface area contributed by atoms with Crippen LogP contribution in [-0.4, -0.2) is 9.97 Å². The van der Waals surface area contributed by atoms with Gasteiger partial charge in [0.25, 0.3) is 0 Å². The standard InChI is InChI=1S/C4H5N2.Y/c1-4-2-5-3-6-4;/h2H,1H3,(H,5,6);/q-1;. The van der Waals surface area contributed by atoms with Gasteiger partial charge < -0.3 is 9.97 Å². The number of nitrogens with one attached hydrogen (secondary N) is 1. The third-order valence-electron chi connectivity index (χ3n) is 0.576. The van der Waals surface area contributed by atoms with Crippen LogP contribution < -0.4 is 0 Å². The Morgan fingerprint density at radius 1 is 1.86 bits per heavy atom. The molecular weight excluding hydrogens is 165 g/mol. The Morgan fingerprint density at radius 3 is 2.71 bits per heavy atom. The van der Waals surface area contributed by atoms with Gasteiger partial charge in [0.15, 0.2) is 0 Å². The second kappa shape index (κ2) is 3.33. The fourth-order valence-corrected chi connectivity index (χ4v) is 0.282. The smallest absolute Gasteiger partial charge is 0 e. The van der Waals surface area contributed by atoms with E-state index in [9.17, 15) is 0 Å². The summed E-state index contributed by atoms with van der Waals surface area (Å²) >= 11 is 0. The normalized spacial score (nSPS) is 7.57. The van der Waals surface area contributed by atoms with Crippen LogP contribution >= 0.6 is 0 Å². The number of hydrogen-bond donors (Lipinski definition) is 1. The summed E-state index contributed by atoms with van der Waals surface area (Å²) < 4.78 is 0. The Kier molecular flexibility index (Phi) is 3.48. The van der Waals surface area contributed by atoms with Crippen LogP contribution in [0.15, 0.2) is 6.20 Å². The summed E-state index contributed by atoms with van der Waals surface area (Å²) in [6, 6.07) is 0. The molecule has 1 aromatic heterocycles. The number of aromatic amines is 1. The second-order valence-electron chi connectivity index (χ2n) is 1.18. The Morgan fingerprint density at radius 2 is 2.57 bits per heavy atom. The van der Waals surface area contributed by atoms with E-state index in [4.69, 9.17) is 0 Å². The molecule has 0 unspecified atom stereocenters. The molecule has 1 heterocycles. The summed E-state index contributed by atoms with van der Waals surface area (Å²) in [4.78, 5) is 6.41. The van der Waals surface area contributed by atoms with Crippen LogP contribution in [0.2, 0.25) is 0 Å². The van der Waals surface area contributed by atoms with E-state index in [1.165, 1.54) is 0 Å². The summed E-state index contributed by atoms with van der Waals surface area (Å²) in [5, 5.41) is 0. The molecule has 7 heavy (non-hydrogen) atoms.